The number of rotatable bonds is 6. The molecule has 1 aliphatic rings. The number of benzene rings is 1. The number of hydrogen-bond acceptors (Lipinski definition) is 3. The Morgan fingerprint density at radius 2 is 2.22 bits per heavy atom. The molecule has 0 aliphatic carbocycles. The van der Waals surface area contributed by atoms with E-state index in [1.165, 1.54) is 11.1 Å². The van der Waals surface area contributed by atoms with Crippen LogP contribution in [0.5, 0.6) is 5.75 Å². The van der Waals surface area contributed by atoms with Crippen LogP contribution in [0.1, 0.15) is 31.0 Å². The number of fused-ring (bicyclic) bond motifs is 1. The van der Waals surface area contributed by atoms with Gasteiger partial charge in [0.15, 0.2) is 0 Å². The van der Waals surface area contributed by atoms with Crippen molar-refractivity contribution in [3.63, 3.8) is 0 Å². The quantitative estimate of drug-likeness (QED) is 0.840. The van der Waals surface area contributed by atoms with Crippen molar-refractivity contribution in [1.82, 2.24) is 5.32 Å². The van der Waals surface area contributed by atoms with Crippen LogP contribution in [0.2, 0.25) is 0 Å². The molecule has 1 heterocycles. The van der Waals surface area contributed by atoms with Gasteiger partial charge in [-0.05, 0) is 30.0 Å². The fourth-order valence-corrected chi connectivity index (χ4v) is 2.32. The molecule has 0 bridgehead atoms. The molecule has 18 heavy (non-hydrogen) atoms. The summed E-state index contributed by atoms with van der Waals surface area (Å²) in [6.07, 6.45) is 1.04. The van der Waals surface area contributed by atoms with E-state index in [9.17, 15) is 0 Å². The van der Waals surface area contributed by atoms with Crippen molar-refractivity contribution in [2.24, 2.45) is 5.92 Å². The lowest BCUT2D eigenvalue weighted by Crippen LogP contribution is -2.26. The first kappa shape index (κ1) is 13.4. The van der Waals surface area contributed by atoms with E-state index in [1.54, 1.807) is 7.11 Å². The summed E-state index contributed by atoms with van der Waals surface area (Å²) in [5.41, 5.74) is 2.68. The van der Waals surface area contributed by atoms with Gasteiger partial charge in [-0.15, -0.1) is 0 Å². The largest absolute Gasteiger partial charge is 0.493 e. The molecule has 100 valence electrons. The number of ether oxygens (including phenoxy) is 2. The Hall–Kier alpha value is -1.06. The summed E-state index contributed by atoms with van der Waals surface area (Å²) in [5.74, 6) is 1.59. The van der Waals surface area contributed by atoms with Crippen molar-refractivity contribution in [3.8, 4) is 5.75 Å². The predicted octanol–water partition coefficient (Wildman–Crippen LogP) is 2.55. The van der Waals surface area contributed by atoms with Gasteiger partial charge in [0, 0.05) is 32.7 Å². The Balaban J connectivity index is 1.90. The highest BCUT2D eigenvalue weighted by Gasteiger charge is 2.14. The molecule has 0 saturated carbocycles. The fraction of sp³-hybridized carbons (Fsp3) is 0.600. The third-order valence-electron chi connectivity index (χ3n) is 3.44. The molecule has 0 aromatic heterocycles. The van der Waals surface area contributed by atoms with Crippen LogP contribution in [-0.4, -0.2) is 26.9 Å². The maximum absolute atomic E-state index is 5.53. The monoisotopic (exact) mass is 249 g/mol. The minimum atomic E-state index is 0.371. The highest BCUT2D eigenvalue weighted by Crippen LogP contribution is 2.28. The van der Waals surface area contributed by atoms with Crippen molar-refractivity contribution in [1.29, 1.82) is 0 Å². The first-order chi connectivity index (χ1) is 8.70. The van der Waals surface area contributed by atoms with Gasteiger partial charge in [-0.1, -0.05) is 19.1 Å². The summed E-state index contributed by atoms with van der Waals surface area (Å²) in [5, 5.41) is 3.55. The van der Waals surface area contributed by atoms with Crippen LogP contribution in [0, 0.1) is 5.92 Å². The van der Waals surface area contributed by atoms with Crippen LogP contribution < -0.4 is 10.1 Å². The topological polar surface area (TPSA) is 30.5 Å². The summed E-state index contributed by atoms with van der Waals surface area (Å²) in [4.78, 5) is 0. The minimum absolute atomic E-state index is 0.371. The van der Waals surface area contributed by atoms with Crippen molar-refractivity contribution in [3.05, 3.63) is 29.3 Å². The maximum atomic E-state index is 5.53. The average molecular weight is 249 g/mol. The lowest BCUT2D eigenvalue weighted by molar-refractivity contribution is 0.157. The van der Waals surface area contributed by atoms with Crippen LogP contribution in [0.4, 0.5) is 0 Å². The van der Waals surface area contributed by atoms with Crippen molar-refractivity contribution in [2.45, 2.75) is 26.3 Å². The second-order valence-electron chi connectivity index (χ2n) is 5.16. The molecule has 0 saturated heterocycles. The zero-order valence-electron chi connectivity index (χ0n) is 11.5. The van der Waals surface area contributed by atoms with Crippen LogP contribution in [0.15, 0.2) is 18.2 Å². The Kier molecular flexibility index (Phi) is 4.61. The first-order valence-electron chi connectivity index (χ1n) is 6.68. The highest BCUT2D eigenvalue weighted by atomic mass is 16.5. The molecule has 1 aromatic carbocycles. The second kappa shape index (κ2) is 6.21. The van der Waals surface area contributed by atoms with Crippen LogP contribution in [0.25, 0.3) is 0 Å². The summed E-state index contributed by atoms with van der Waals surface area (Å²) in [6.45, 7) is 7.00. The number of nitrogens with one attached hydrogen (secondary N) is 1. The van der Waals surface area contributed by atoms with Gasteiger partial charge >= 0.3 is 0 Å². The maximum Gasteiger partial charge on any atom is 0.122 e. The van der Waals surface area contributed by atoms with Crippen molar-refractivity contribution in [2.75, 3.05) is 26.9 Å². The standard InChI is InChI=1S/C15H23NO2/c1-11(10-17-3)9-16-12(2)13-4-5-15-14(8-13)6-7-18-15/h4-5,8,11-12,16H,6-7,9-10H2,1-3H3. The zero-order chi connectivity index (χ0) is 13.0. The lowest BCUT2D eigenvalue weighted by Gasteiger charge is -2.18. The smallest absolute Gasteiger partial charge is 0.122 e. The van der Waals surface area contributed by atoms with E-state index < -0.39 is 0 Å². The molecule has 2 atom stereocenters. The molecule has 2 rings (SSSR count). The Labute approximate surface area is 109 Å². The van der Waals surface area contributed by atoms with Crippen LogP contribution in [-0.2, 0) is 11.2 Å². The Morgan fingerprint density at radius 1 is 1.39 bits per heavy atom. The van der Waals surface area contributed by atoms with Gasteiger partial charge < -0.3 is 14.8 Å². The molecule has 1 aliphatic heterocycles. The summed E-state index contributed by atoms with van der Waals surface area (Å²) < 4.78 is 10.7. The summed E-state index contributed by atoms with van der Waals surface area (Å²) in [7, 11) is 1.75. The summed E-state index contributed by atoms with van der Waals surface area (Å²) >= 11 is 0. The molecular formula is C15H23NO2. The average Bonchev–Trinajstić information content (AvgIpc) is 2.83. The molecule has 2 unspecified atom stereocenters. The van der Waals surface area contributed by atoms with E-state index in [1.807, 2.05) is 0 Å². The van der Waals surface area contributed by atoms with Gasteiger partial charge in [0.25, 0.3) is 0 Å². The SMILES string of the molecule is COCC(C)CNC(C)c1ccc2c(c1)CCO2. The van der Waals surface area contributed by atoms with Crippen molar-refractivity contribution < 1.29 is 9.47 Å². The third-order valence-corrected chi connectivity index (χ3v) is 3.44. The second-order valence-corrected chi connectivity index (χ2v) is 5.16. The predicted molar refractivity (Wildman–Crippen MR) is 73.1 cm³/mol. The van der Waals surface area contributed by atoms with Gasteiger partial charge in [-0.25, -0.2) is 0 Å². The molecule has 0 fully saturated rings. The highest BCUT2D eigenvalue weighted by molar-refractivity contribution is 5.40. The van der Waals surface area contributed by atoms with Gasteiger partial charge in [0.05, 0.1) is 6.61 Å². The van der Waals surface area contributed by atoms with E-state index in [2.05, 4.69) is 37.4 Å². The molecular weight excluding hydrogens is 226 g/mol. The van der Waals surface area contributed by atoms with E-state index in [-0.39, 0.29) is 0 Å². The molecule has 0 amide bonds. The molecule has 0 radical (unpaired) electrons. The number of hydrogen-bond donors (Lipinski definition) is 1. The third kappa shape index (κ3) is 3.24. The fourth-order valence-electron chi connectivity index (χ4n) is 2.32. The molecule has 1 aromatic rings. The van der Waals surface area contributed by atoms with E-state index in [4.69, 9.17) is 9.47 Å². The van der Waals surface area contributed by atoms with Gasteiger partial charge in [0.1, 0.15) is 5.75 Å². The molecule has 3 nitrogen and oxygen atoms in total. The lowest BCUT2D eigenvalue weighted by atomic mass is 10.0. The normalized spacial score (nSPS) is 17.1. The van der Waals surface area contributed by atoms with Crippen LogP contribution >= 0.6 is 0 Å². The van der Waals surface area contributed by atoms with E-state index in [0.29, 0.717) is 12.0 Å². The van der Waals surface area contributed by atoms with E-state index in [0.717, 1.165) is 31.9 Å². The van der Waals surface area contributed by atoms with Crippen molar-refractivity contribution >= 4 is 0 Å². The first-order valence-corrected chi connectivity index (χ1v) is 6.68. The molecule has 3 heteroatoms. The zero-order valence-corrected chi connectivity index (χ0v) is 11.5. The van der Waals surface area contributed by atoms with Gasteiger partial charge in [0.2, 0.25) is 0 Å². The number of methoxy groups -OCH3 is 1. The molecule has 1 N–H and O–H groups in total. The Bertz CT molecular complexity index is 392. The van der Waals surface area contributed by atoms with Crippen LogP contribution in [0.3, 0.4) is 0 Å². The molecule has 0 spiro atoms. The minimum Gasteiger partial charge on any atom is -0.493 e. The van der Waals surface area contributed by atoms with Gasteiger partial charge in [-0.2, -0.15) is 0 Å². The van der Waals surface area contributed by atoms with Gasteiger partial charge in [-0.3, -0.25) is 0 Å². The Morgan fingerprint density at radius 3 is 3.00 bits per heavy atom. The summed E-state index contributed by atoms with van der Waals surface area (Å²) in [6, 6.07) is 6.88. The van der Waals surface area contributed by atoms with E-state index >= 15 is 0 Å².